The van der Waals surface area contributed by atoms with Gasteiger partial charge in [0.1, 0.15) is 6.61 Å². The fourth-order valence-electron chi connectivity index (χ4n) is 3.77. The first kappa shape index (κ1) is 24.5. The zero-order valence-corrected chi connectivity index (χ0v) is 19.2. The molecule has 1 fully saturated rings. The van der Waals surface area contributed by atoms with Crippen LogP contribution < -0.4 is 0 Å². The van der Waals surface area contributed by atoms with Crippen LogP contribution in [0.1, 0.15) is 24.8 Å². The largest absolute Gasteiger partial charge is 0.447 e. The summed E-state index contributed by atoms with van der Waals surface area (Å²) >= 11 is 3.15. The Bertz CT molecular complexity index is 876. The van der Waals surface area contributed by atoms with E-state index < -0.39 is 41.8 Å². The second-order valence-corrected chi connectivity index (χ2v) is 8.54. The van der Waals surface area contributed by atoms with Crippen molar-refractivity contribution in [2.24, 2.45) is 0 Å². The van der Waals surface area contributed by atoms with Crippen molar-refractivity contribution in [3.63, 3.8) is 0 Å². The Morgan fingerprint density at radius 2 is 2.03 bits per heavy atom. The summed E-state index contributed by atoms with van der Waals surface area (Å²) in [5, 5.41) is 19.9. The number of ketones is 1. The van der Waals surface area contributed by atoms with Crippen molar-refractivity contribution in [2.45, 2.75) is 49.7 Å². The van der Waals surface area contributed by atoms with E-state index in [0.717, 1.165) is 16.5 Å². The molecule has 0 spiro atoms. The highest BCUT2D eigenvalue weighted by Gasteiger charge is 2.50. The summed E-state index contributed by atoms with van der Waals surface area (Å²) in [6.45, 7) is -0.0370. The molecule has 1 saturated heterocycles. The van der Waals surface area contributed by atoms with Crippen molar-refractivity contribution in [1.82, 2.24) is 4.90 Å². The molecule has 2 heterocycles. The number of nitrogens with zero attached hydrogens (tertiary/aromatic N) is 1. The number of carbonyl (C=O) groups excluding carboxylic acids is 3. The SMILES string of the molecule is CO[C@@H](C(=O)N1C(=O)OC[C@H]1Cc1ccccc1)[C@H]1O[C@@](O)(CCCCO)C(Br)=CC1=O. The average molecular weight is 512 g/mol. The Kier molecular flexibility index (Phi) is 8.18. The second-order valence-electron chi connectivity index (χ2n) is 7.68. The Labute approximate surface area is 194 Å². The van der Waals surface area contributed by atoms with E-state index in [1.807, 2.05) is 30.3 Å². The van der Waals surface area contributed by atoms with Gasteiger partial charge in [0, 0.05) is 20.1 Å². The number of methoxy groups -OCH3 is 1. The van der Waals surface area contributed by atoms with Crippen molar-refractivity contribution in [3.05, 3.63) is 46.5 Å². The van der Waals surface area contributed by atoms with Gasteiger partial charge in [0.15, 0.2) is 23.8 Å². The Morgan fingerprint density at radius 1 is 1.31 bits per heavy atom. The smallest absolute Gasteiger partial charge is 0.417 e. The van der Waals surface area contributed by atoms with Crippen LogP contribution in [-0.4, -0.2) is 77.3 Å². The lowest BCUT2D eigenvalue weighted by atomic mass is 9.98. The molecule has 0 radical (unpaired) electrons. The van der Waals surface area contributed by atoms with Gasteiger partial charge < -0.3 is 24.4 Å². The summed E-state index contributed by atoms with van der Waals surface area (Å²) in [7, 11) is 1.23. The van der Waals surface area contributed by atoms with Crippen molar-refractivity contribution in [2.75, 3.05) is 20.3 Å². The molecule has 0 aliphatic carbocycles. The van der Waals surface area contributed by atoms with Crippen molar-refractivity contribution < 1.29 is 38.8 Å². The standard InChI is InChI=1S/C22H26BrNO8/c1-30-19(18-16(26)12-17(23)22(29,32-18)9-5-6-10-25)20(27)24-15(13-31-21(24)28)11-14-7-3-2-4-8-14/h2-4,7-8,12,15,18-19,25,29H,5-6,9-11,13H2,1H3/t15-,18+,19-,22+/m1/s1. The molecule has 3 rings (SSSR count). The van der Waals surface area contributed by atoms with Gasteiger partial charge >= 0.3 is 6.09 Å². The highest BCUT2D eigenvalue weighted by atomic mass is 79.9. The summed E-state index contributed by atoms with van der Waals surface area (Å²) in [5.41, 5.74) is 0.915. The number of hydrogen-bond donors (Lipinski definition) is 2. The number of halogens is 1. The molecule has 2 amide bonds. The van der Waals surface area contributed by atoms with E-state index in [9.17, 15) is 19.5 Å². The quantitative estimate of drug-likeness (QED) is 0.480. The average Bonchev–Trinajstić information content (AvgIpc) is 3.13. The molecule has 2 N–H and O–H groups in total. The first-order valence-corrected chi connectivity index (χ1v) is 11.1. The molecule has 0 aromatic heterocycles. The number of ether oxygens (including phenoxy) is 3. The summed E-state index contributed by atoms with van der Waals surface area (Å²) in [4.78, 5) is 39.3. The second kappa shape index (κ2) is 10.7. The van der Waals surface area contributed by atoms with Crippen LogP contribution in [0.15, 0.2) is 40.9 Å². The fraction of sp³-hybridized carbons (Fsp3) is 0.500. The van der Waals surface area contributed by atoms with Crippen molar-refractivity contribution in [3.8, 4) is 0 Å². The van der Waals surface area contributed by atoms with Gasteiger partial charge in [-0.25, -0.2) is 9.69 Å². The molecule has 0 bridgehead atoms. The van der Waals surface area contributed by atoms with E-state index in [1.54, 1.807) is 0 Å². The minimum atomic E-state index is -1.86. The maximum atomic E-state index is 13.3. The molecular weight excluding hydrogens is 486 g/mol. The minimum absolute atomic E-state index is 0.0198. The van der Waals surface area contributed by atoms with Crippen LogP contribution in [0.2, 0.25) is 0 Å². The highest BCUT2D eigenvalue weighted by molar-refractivity contribution is 9.11. The molecule has 0 unspecified atom stereocenters. The maximum Gasteiger partial charge on any atom is 0.417 e. The van der Waals surface area contributed by atoms with E-state index in [1.165, 1.54) is 7.11 Å². The van der Waals surface area contributed by atoms with Crippen molar-refractivity contribution in [1.29, 1.82) is 0 Å². The summed E-state index contributed by atoms with van der Waals surface area (Å²) in [6, 6.07) is 8.76. The third kappa shape index (κ3) is 5.26. The molecule has 2 aliphatic heterocycles. The van der Waals surface area contributed by atoms with E-state index in [-0.39, 0.29) is 24.1 Å². The van der Waals surface area contributed by atoms with E-state index >= 15 is 0 Å². The van der Waals surface area contributed by atoms with Gasteiger partial charge in [-0.05, 0) is 46.8 Å². The molecule has 2 aliphatic rings. The zero-order valence-electron chi connectivity index (χ0n) is 17.6. The molecule has 0 saturated carbocycles. The number of carbonyl (C=O) groups is 3. The first-order valence-electron chi connectivity index (χ1n) is 10.3. The lowest BCUT2D eigenvalue weighted by molar-refractivity contribution is -0.227. The van der Waals surface area contributed by atoms with Gasteiger partial charge in [-0.2, -0.15) is 0 Å². The van der Waals surface area contributed by atoms with Crippen LogP contribution in [0.5, 0.6) is 0 Å². The van der Waals surface area contributed by atoms with Crippen molar-refractivity contribution >= 4 is 33.7 Å². The van der Waals surface area contributed by atoms with Crippen LogP contribution in [0.25, 0.3) is 0 Å². The predicted molar refractivity (Wildman–Crippen MR) is 116 cm³/mol. The van der Waals surface area contributed by atoms with E-state index in [4.69, 9.17) is 19.3 Å². The Morgan fingerprint density at radius 3 is 2.69 bits per heavy atom. The molecule has 9 nitrogen and oxygen atoms in total. The van der Waals surface area contributed by atoms with Crippen LogP contribution in [0.4, 0.5) is 4.79 Å². The number of imide groups is 1. The van der Waals surface area contributed by atoms with E-state index in [2.05, 4.69) is 15.9 Å². The first-order chi connectivity index (χ1) is 15.3. The molecule has 32 heavy (non-hydrogen) atoms. The number of unbranched alkanes of at least 4 members (excludes halogenated alkanes) is 1. The van der Waals surface area contributed by atoms with Gasteiger partial charge in [0.25, 0.3) is 5.91 Å². The van der Waals surface area contributed by atoms with Gasteiger partial charge in [0.05, 0.1) is 10.5 Å². The predicted octanol–water partition coefficient (Wildman–Crippen LogP) is 1.69. The van der Waals surface area contributed by atoms with Gasteiger partial charge in [0.2, 0.25) is 0 Å². The highest BCUT2D eigenvalue weighted by Crippen LogP contribution is 2.36. The van der Waals surface area contributed by atoms with E-state index in [0.29, 0.717) is 19.3 Å². The molecule has 1 aromatic carbocycles. The van der Waals surface area contributed by atoms with Gasteiger partial charge in [-0.15, -0.1) is 0 Å². The zero-order chi connectivity index (χ0) is 23.3. The molecule has 1 aromatic rings. The number of aliphatic hydroxyl groups excluding tert-OH is 1. The summed E-state index contributed by atoms with van der Waals surface area (Å²) < 4.78 is 16.2. The minimum Gasteiger partial charge on any atom is -0.447 e. The van der Waals surface area contributed by atoms with Crippen LogP contribution in [0, 0.1) is 0 Å². The van der Waals surface area contributed by atoms with Gasteiger partial charge in [-0.3, -0.25) is 9.59 Å². The number of rotatable bonds is 9. The normalized spacial score (nSPS) is 26.6. The lowest BCUT2D eigenvalue weighted by Crippen LogP contribution is -2.56. The van der Waals surface area contributed by atoms with Gasteiger partial charge in [-0.1, -0.05) is 30.3 Å². The number of benzene rings is 1. The number of cyclic esters (lactones) is 1. The number of amides is 2. The Balaban J connectivity index is 1.80. The molecule has 174 valence electrons. The molecule has 10 heteroatoms. The monoisotopic (exact) mass is 511 g/mol. The number of hydrogen-bond acceptors (Lipinski definition) is 8. The Hall–Kier alpha value is -2.11. The maximum absolute atomic E-state index is 13.3. The third-order valence-electron chi connectivity index (χ3n) is 5.45. The van der Waals surface area contributed by atoms with Crippen LogP contribution in [0.3, 0.4) is 0 Å². The van der Waals surface area contributed by atoms with Crippen LogP contribution >= 0.6 is 15.9 Å². The van der Waals surface area contributed by atoms with Crippen LogP contribution in [-0.2, 0) is 30.2 Å². The molecular formula is C22H26BrNO8. The topological polar surface area (TPSA) is 123 Å². The summed E-state index contributed by atoms with van der Waals surface area (Å²) in [5.74, 6) is -3.23. The fourth-order valence-corrected chi connectivity index (χ4v) is 4.29. The molecule has 4 atom stereocenters. The number of aliphatic hydroxyl groups is 2. The third-order valence-corrected chi connectivity index (χ3v) is 6.30. The lowest BCUT2D eigenvalue weighted by Gasteiger charge is -2.38. The summed E-state index contributed by atoms with van der Waals surface area (Å²) in [6.07, 6.45) is -1.29.